The minimum Gasteiger partial charge on any atom is -0.352 e. The second-order valence-corrected chi connectivity index (χ2v) is 7.50. The molecular weight excluding hydrogens is 411 g/mol. The Morgan fingerprint density at radius 1 is 1.22 bits per heavy atom. The maximum atomic E-state index is 13.8. The van der Waals surface area contributed by atoms with Crippen LogP contribution in [0, 0.1) is 5.82 Å². The number of rotatable bonds is 6. The van der Waals surface area contributed by atoms with E-state index < -0.39 is 0 Å². The van der Waals surface area contributed by atoms with Gasteiger partial charge in [-0.25, -0.2) is 4.39 Å². The van der Waals surface area contributed by atoms with Crippen LogP contribution in [0.2, 0.25) is 0 Å². The molecule has 6 heteroatoms. The van der Waals surface area contributed by atoms with Crippen LogP contribution in [-0.2, 0) is 17.6 Å². The summed E-state index contributed by atoms with van der Waals surface area (Å²) in [6.07, 6.45) is 2.47. The lowest BCUT2D eigenvalue weighted by atomic mass is 10.1. The topological polar surface area (TPSA) is 49.4 Å². The molecule has 0 saturated carbocycles. The highest BCUT2D eigenvalue weighted by atomic mass is 79.9. The Kier molecular flexibility index (Phi) is 6.26. The van der Waals surface area contributed by atoms with Crippen molar-refractivity contribution in [3.8, 4) is 0 Å². The second-order valence-electron chi connectivity index (χ2n) is 6.59. The van der Waals surface area contributed by atoms with Gasteiger partial charge in [0.15, 0.2) is 0 Å². The van der Waals surface area contributed by atoms with Gasteiger partial charge in [0.25, 0.3) is 5.91 Å². The molecule has 0 unspecified atom stereocenters. The molecule has 0 bridgehead atoms. The smallest absolute Gasteiger partial charge is 0.251 e. The summed E-state index contributed by atoms with van der Waals surface area (Å²) in [5.74, 6) is -0.277. The molecule has 2 aromatic rings. The summed E-state index contributed by atoms with van der Waals surface area (Å²) in [7, 11) is 0. The van der Waals surface area contributed by atoms with Gasteiger partial charge in [-0.1, -0.05) is 28.9 Å². The number of halogens is 2. The number of benzene rings is 2. The lowest BCUT2D eigenvalue weighted by Crippen LogP contribution is -2.28. The highest BCUT2D eigenvalue weighted by Gasteiger charge is 2.24. The molecule has 0 aliphatic carbocycles. The minimum atomic E-state index is -0.236. The lowest BCUT2D eigenvalue weighted by molar-refractivity contribution is -0.118. The third-order valence-corrected chi connectivity index (χ3v) is 5.26. The van der Waals surface area contributed by atoms with Crippen LogP contribution in [0.15, 0.2) is 40.9 Å². The van der Waals surface area contributed by atoms with Crippen LogP contribution in [-0.4, -0.2) is 24.9 Å². The molecule has 27 heavy (non-hydrogen) atoms. The number of hydrogen-bond acceptors (Lipinski definition) is 2. The van der Waals surface area contributed by atoms with Crippen molar-refractivity contribution in [3.05, 3.63) is 63.4 Å². The van der Waals surface area contributed by atoms with Crippen LogP contribution in [0.1, 0.15) is 41.3 Å². The Hall–Kier alpha value is -2.21. The van der Waals surface area contributed by atoms with Crippen molar-refractivity contribution in [1.29, 1.82) is 0 Å². The Balaban J connectivity index is 1.54. The highest BCUT2D eigenvalue weighted by Crippen LogP contribution is 2.29. The van der Waals surface area contributed by atoms with E-state index in [2.05, 4.69) is 21.2 Å². The summed E-state index contributed by atoms with van der Waals surface area (Å²) in [5.41, 5.74) is 3.17. The molecular formula is C21H22BrFN2O2. The molecule has 0 aromatic heterocycles. The standard InChI is InChI=1S/C21H22BrFN2O2/c1-2-20(26)25-11-9-15-12-16(6-8-19(15)25)21(27)24-10-3-4-14-5-7-17(22)13-18(14)23/h5-8,12-13H,2-4,9-11H2,1H3,(H,24,27). The van der Waals surface area contributed by atoms with Gasteiger partial charge in [0.05, 0.1) is 0 Å². The van der Waals surface area contributed by atoms with E-state index in [1.165, 1.54) is 6.07 Å². The number of anilines is 1. The van der Waals surface area contributed by atoms with E-state index >= 15 is 0 Å². The Labute approximate surface area is 166 Å². The molecule has 0 radical (unpaired) electrons. The van der Waals surface area contributed by atoms with Crippen molar-refractivity contribution < 1.29 is 14.0 Å². The first kappa shape index (κ1) is 19.5. The highest BCUT2D eigenvalue weighted by molar-refractivity contribution is 9.10. The number of hydrogen-bond donors (Lipinski definition) is 1. The van der Waals surface area contributed by atoms with E-state index in [1.54, 1.807) is 17.0 Å². The fourth-order valence-corrected chi connectivity index (χ4v) is 3.63. The van der Waals surface area contributed by atoms with E-state index in [9.17, 15) is 14.0 Å². The van der Waals surface area contributed by atoms with Gasteiger partial charge in [0.2, 0.25) is 5.91 Å². The molecule has 0 spiro atoms. The molecule has 1 aliphatic heterocycles. The summed E-state index contributed by atoms with van der Waals surface area (Å²) >= 11 is 3.24. The minimum absolute atomic E-state index is 0.103. The molecule has 1 N–H and O–H groups in total. The molecule has 3 rings (SSSR count). The van der Waals surface area contributed by atoms with Crippen molar-refractivity contribution in [1.82, 2.24) is 5.32 Å². The quantitative estimate of drug-likeness (QED) is 0.693. The summed E-state index contributed by atoms with van der Waals surface area (Å²) in [6, 6.07) is 10.5. The molecule has 0 fully saturated rings. The average Bonchev–Trinajstić information content (AvgIpc) is 3.09. The van der Waals surface area contributed by atoms with Gasteiger partial charge in [-0.2, -0.15) is 0 Å². The normalized spacial score (nSPS) is 12.8. The molecule has 1 heterocycles. The van der Waals surface area contributed by atoms with Crippen molar-refractivity contribution in [2.75, 3.05) is 18.0 Å². The predicted molar refractivity (Wildman–Crippen MR) is 108 cm³/mol. The van der Waals surface area contributed by atoms with Crippen molar-refractivity contribution in [2.24, 2.45) is 0 Å². The van der Waals surface area contributed by atoms with Crippen LogP contribution in [0.3, 0.4) is 0 Å². The van der Waals surface area contributed by atoms with Gasteiger partial charge < -0.3 is 10.2 Å². The molecule has 1 aliphatic rings. The number of nitrogens with zero attached hydrogens (tertiary/aromatic N) is 1. The number of fused-ring (bicyclic) bond motifs is 1. The number of aryl methyl sites for hydroxylation is 1. The van der Waals surface area contributed by atoms with Gasteiger partial charge in [-0.3, -0.25) is 9.59 Å². The molecule has 0 saturated heterocycles. The van der Waals surface area contributed by atoms with E-state index in [4.69, 9.17) is 0 Å². The maximum Gasteiger partial charge on any atom is 0.251 e. The first-order chi connectivity index (χ1) is 13.0. The number of carbonyl (C=O) groups excluding carboxylic acids is 2. The van der Waals surface area contributed by atoms with E-state index in [0.29, 0.717) is 48.0 Å². The molecule has 2 amide bonds. The van der Waals surface area contributed by atoms with Gasteiger partial charge in [-0.15, -0.1) is 0 Å². The monoisotopic (exact) mass is 432 g/mol. The molecule has 0 atom stereocenters. The lowest BCUT2D eigenvalue weighted by Gasteiger charge is -2.16. The summed E-state index contributed by atoms with van der Waals surface area (Å²) < 4.78 is 14.5. The van der Waals surface area contributed by atoms with Crippen LogP contribution in [0.5, 0.6) is 0 Å². The number of amides is 2. The van der Waals surface area contributed by atoms with Gasteiger partial charge >= 0.3 is 0 Å². The van der Waals surface area contributed by atoms with Gasteiger partial charge in [0, 0.05) is 35.2 Å². The van der Waals surface area contributed by atoms with Crippen LogP contribution in [0.4, 0.5) is 10.1 Å². The fraction of sp³-hybridized carbons (Fsp3) is 0.333. The summed E-state index contributed by atoms with van der Waals surface area (Å²) in [6.45, 7) is 3.00. The summed E-state index contributed by atoms with van der Waals surface area (Å²) in [5, 5.41) is 2.89. The number of carbonyl (C=O) groups is 2. The Morgan fingerprint density at radius 3 is 2.78 bits per heavy atom. The summed E-state index contributed by atoms with van der Waals surface area (Å²) in [4.78, 5) is 26.1. The predicted octanol–water partition coefficient (Wildman–Crippen LogP) is 4.25. The first-order valence-electron chi connectivity index (χ1n) is 9.15. The zero-order valence-corrected chi connectivity index (χ0v) is 16.8. The van der Waals surface area contributed by atoms with Gasteiger partial charge in [-0.05, 0) is 60.7 Å². The zero-order valence-electron chi connectivity index (χ0n) is 15.2. The van der Waals surface area contributed by atoms with Crippen LogP contribution in [0.25, 0.3) is 0 Å². The average molecular weight is 433 g/mol. The second kappa shape index (κ2) is 8.65. The van der Waals surface area contributed by atoms with E-state index in [-0.39, 0.29) is 17.6 Å². The SMILES string of the molecule is CCC(=O)N1CCc2cc(C(=O)NCCCc3ccc(Br)cc3F)ccc21. The fourth-order valence-electron chi connectivity index (χ4n) is 3.30. The third-order valence-electron chi connectivity index (χ3n) is 4.76. The molecule has 2 aromatic carbocycles. The molecule has 4 nitrogen and oxygen atoms in total. The maximum absolute atomic E-state index is 13.8. The van der Waals surface area contributed by atoms with Crippen molar-refractivity contribution in [2.45, 2.75) is 32.6 Å². The van der Waals surface area contributed by atoms with Crippen molar-refractivity contribution in [3.63, 3.8) is 0 Å². The number of nitrogens with one attached hydrogen (secondary N) is 1. The Bertz CT molecular complexity index is 869. The zero-order chi connectivity index (χ0) is 19.4. The third kappa shape index (κ3) is 4.56. The van der Waals surface area contributed by atoms with Gasteiger partial charge in [0.1, 0.15) is 5.82 Å². The van der Waals surface area contributed by atoms with Crippen molar-refractivity contribution >= 4 is 33.4 Å². The van der Waals surface area contributed by atoms with Crippen LogP contribution >= 0.6 is 15.9 Å². The van der Waals surface area contributed by atoms with Crippen LogP contribution < -0.4 is 10.2 Å². The first-order valence-corrected chi connectivity index (χ1v) is 9.94. The largest absolute Gasteiger partial charge is 0.352 e. The Morgan fingerprint density at radius 2 is 2.04 bits per heavy atom. The van der Waals surface area contributed by atoms with E-state index in [0.717, 1.165) is 17.7 Å². The molecule has 142 valence electrons. The van der Waals surface area contributed by atoms with E-state index in [1.807, 2.05) is 25.1 Å².